The highest BCUT2D eigenvalue weighted by Gasteiger charge is 2.54. The van der Waals surface area contributed by atoms with E-state index in [1.807, 2.05) is 6.07 Å². The Morgan fingerprint density at radius 3 is 2.20 bits per heavy atom. The number of piperidine rings is 1. The van der Waals surface area contributed by atoms with Gasteiger partial charge in [0.05, 0.1) is 6.04 Å². The number of benzene rings is 1. The van der Waals surface area contributed by atoms with Crippen molar-refractivity contribution >= 4 is 0 Å². The van der Waals surface area contributed by atoms with Gasteiger partial charge in [0.1, 0.15) is 5.60 Å². The zero-order valence-corrected chi connectivity index (χ0v) is 15.5. The zero-order chi connectivity index (χ0) is 17.1. The molecule has 1 heterocycles. The van der Waals surface area contributed by atoms with Gasteiger partial charge in [0, 0.05) is 18.6 Å². The molecule has 2 N–H and O–H groups in total. The van der Waals surface area contributed by atoms with Gasteiger partial charge < -0.3 is 15.3 Å². The largest absolute Gasteiger partial charge is 0.383 e. The van der Waals surface area contributed by atoms with E-state index in [9.17, 15) is 5.11 Å². The Bertz CT molecular complexity index is 595. The lowest BCUT2D eigenvalue weighted by Gasteiger charge is -2.59. The lowest BCUT2D eigenvalue weighted by Crippen LogP contribution is -2.68. The first-order valence-electron chi connectivity index (χ1n) is 10.3. The van der Waals surface area contributed by atoms with Gasteiger partial charge in [-0.15, -0.1) is 0 Å². The molecule has 6 rings (SSSR count). The summed E-state index contributed by atoms with van der Waals surface area (Å²) in [5.74, 6) is 2.81. The summed E-state index contributed by atoms with van der Waals surface area (Å²) in [4.78, 5) is 2.38. The van der Waals surface area contributed by atoms with E-state index >= 15 is 0 Å². The van der Waals surface area contributed by atoms with E-state index in [2.05, 4.69) is 41.5 Å². The van der Waals surface area contributed by atoms with E-state index < -0.39 is 5.60 Å². The first-order chi connectivity index (χ1) is 12.0. The lowest BCUT2D eigenvalue weighted by molar-refractivity contribution is -0.0883. The summed E-state index contributed by atoms with van der Waals surface area (Å²) in [7, 11) is 2.19. The number of likely N-dealkylation sites (tertiary alicyclic amines) is 1. The van der Waals surface area contributed by atoms with Crippen molar-refractivity contribution in [2.45, 2.75) is 62.1 Å². The maximum Gasteiger partial charge on any atom is 0.107 e. The van der Waals surface area contributed by atoms with Crippen molar-refractivity contribution in [2.24, 2.45) is 17.8 Å². The van der Waals surface area contributed by atoms with Gasteiger partial charge in [-0.05, 0) is 75.3 Å². The van der Waals surface area contributed by atoms with Gasteiger partial charge in [0.25, 0.3) is 0 Å². The SMILES string of the molecule is CN1CCC(O)(c2ccccc2)C(NC23CC4CC(CC(C4)C2)C3)C1. The third kappa shape index (κ3) is 2.75. The molecule has 0 amide bonds. The van der Waals surface area contributed by atoms with Gasteiger partial charge in [0.15, 0.2) is 0 Å². The summed E-state index contributed by atoms with van der Waals surface area (Å²) < 4.78 is 0. The zero-order valence-electron chi connectivity index (χ0n) is 15.5. The normalized spacial score (nSPS) is 46.5. The predicted octanol–water partition coefficient (Wildman–Crippen LogP) is 3.14. The number of hydrogen-bond donors (Lipinski definition) is 2. The first-order valence-corrected chi connectivity index (χ1v) is 10.3. The van der Waals surface area contributed by atoms with Crippen LogP contribution in [0.1, 0.15) is 50.5 Å². The molecule has 4 aliphatic carbocycles. The van der Waals surface area contributed by atoms with Gasteiger partial charge in [-0.1, -0.05) is 30.3 Å². The van der Waals surface area contributed by atoms with E-state index in [-0.39, 0.29) is 6.04 Å². The maximum atomic E-state index is 11.7. The van der Waals surface area contributed by atoms with Crippen LogP contribution in [0, 0.1) is 17.8 Å². The Morgan fingerprint density at radius 2 is 1.60 bits per heavy atom. The molecule has 2 unspecified atom stereocenters. The molecule has 4 saturated carbocycles. The molecule has 3 nitrogen and oxygen atoms in total. The Morgan fingerprint density at radius 1 is 1.00 bits per heavy atom. The Kier molecular flexibility index (Phi) is 3.78. The average Bonchev–Trinajstić information content (AvgIpc) is 2.58. The lowest BCUT2D eigenvalue weighted by atomic mass is 9.52. The minimum absolute atomic E-state index is 0.130. The molecule has 1 saturated heterocycles. The average molecular weight is 341 g/mol. The molecular weight excluding hydrogens is 308 g/mol. The first kappa shape index (κ1) is 16.3. The second kappa shape index (κ2) is 5.80. The van der Waals surface area contributed by atoms with Crippen molar-refractivity contribution in [3.05, 3.63) is 35.9 Å². The van der Waals surface area contributed by atoms with Crippen molar-refractivity contribution in [3.63, 3.8) is 0 Å². The van der Waals surface area contributed by atoms with Crippen LogP contribution in [0.25, 0.3) is 0 Å². The molecule has 136 valence electrons. The molecule has 1 aliphatic heterocycles. The predicted molar refractivity (Wildman–Crippen MR) is 100 cm³/mol. The summed E-state index contributed by atoms with van der Waals surface area (Å²) in [6, 6.07) is 10.5. The number of hydrogen-bond acceptors (Lipinski definition) is 3. The minimum atomic E-state index is -0.739. The van der Waals surface area contributed by atoms with Crippen molar-refractivity contribution in [3.8, 4) is 0 Å². The van der Waals surface area contributed by atoms with E-state index in [0.29, 0.717) is 5.54 Å². The van der Waals surface area contributed by atoms with Crippen molar-refractivity contribution in [2.75, 3.05) is 20.1 Å². The topological polar surface area (TPSA) is 35.5 Å². The van der Waals surface area contributed by atoms with Crippen LogP contribution in [0.4, 0.5) is 0 Å². The summed E-state index contributed by atoms with van der Waals surface area (Å²) in [6.45, 7) is 1.90. The van der Waals surface area contributed by atoms with Crippen LogP contribution in [-0.2, 0) is 5.60 Å². The molecule has 0 radical (unpaired) electrons. The fourth-order valence-electron chi connectivity index (χ4n) is 6.98. The van der Waals surface area contributed by atoms with Gasteiger partial charge in [-0.25, -0.2) is 0 Å². The van der Waals surface area contributed by atoms with Gasteiger partial charge in [0.2, 0.25) is 0 Å². The fourth-order valence-corrected chi connectivity index (χ4v) is 6.98. The molecule has 3 heteroatoms. The quantitative estimate of drug-likeness (QED) is 0.887. The molecule has 25 heavy (non-hydrogen) atoms. The number of aliphatic hydroxyl groups is 1. The highest BCUT2D eigenvalue weighted by molar-refractivity contribution is 5.26. The number of nitrogens with zero attached hydrogens (tertiary/aromatic N) is 1. The number of likely N-dealkylation sites (N-methyl/N-ethyl adjacent to an activating group) is 1. The minimum Gasteiger partial charge on any atom is -0.383 e. The van der Waals surface area contributed by atoms with Crippen LogP contribution in [0.2, 0.25) is 0 Å². The van der Waals surface area contributed by atoms with Crippen LogP contribution in [0.5, 0.6) is 0 Å². The molecule has 5 fully saturated rings. The van der Waals surface area contributed by atoms with Gasteiger partial charge in [-0.3, -0.25) is 0 Å². The molecule has 0 spiro atoms. The van der Waals surface area contributed by atoms with Crippen molar-refractivity contribution in [1.82, 2.24) is 10.2 Å². The summed E-state index contributed by atoms with van der Waals surface area (Å²) in [5, 5.41) is 15.8. The molecule has 4 bridgehead atoms. The Balaban J connectivity index is 1.44. The summed E-state index contributed by atoms with van der Waals surface area (Å²) in [6.07, 6.45) is 9.23. The number of nitrogens with one attached hydrogen (secondary N) is 1. The van der Waals surface area contributed by atoms with Crippen LogP contribution < -0.4 is 5.32 Å². The third-order valence-corrected chi connectivity index (χ3v) is 7.74. The monoisotopic (exact) mass is 340 g/mol. The van der Waals surface area contributed by atoms with Gasteiger partial charge >= 0.3 is 0 Å². The molecule has 1 aromatic rings. The molecule has 5 aliphatic rings. The van der Waals surface area contributed by atoms with Crippen LogP contribution in [0.15, 0.2) is 30.3 Å². The Labute approximate surface area is 151 Å². The van der Waals surface area contributed by atoms with E-state index in [4.69, 9.17) is 0 Å². The van der Waals surface area contributed by atoms with Crippen LogP contribution in [0.3, 0.4) is 0 Å². The molecule has 1 aromatic carbocycles. The van der Waals surface area contributed by atoms with Crippen LogP contribution in [-0.4, -0.2) is 41.7 Å². The maximum absolute atomic E-state index is 11.7. The van der Waals surface area contributed by atoms with E-state index in [1.54, 1.807) is 0 Å². The Hall–Kier alpha value is -0.900. The standard InChI is InChI=1S/C22H32N2O/c1-24-8-7-22(25,19-5-3-2-4-6-19)20(15-24)23-21-12-16-9-17(13-21)11-18(10-16)14-21/h2-6,16-18,20,23,25H,7-15H2,1H3. The fraction of sp³-hybridized carbons (Fsp3) is 0.727. The highest BCUT2D eigenvalue weighted by atomic mass is 16.3. The van der Waals surface area contributed by atoms with Gasteiger partial charge in [-0.2, -0.15) is 0 Å². The second-order valence-corrected chi connectivity index (χ2v) is 9.70. The van der Waals surface area contributed by atoms with Crippen molar-refractivity contribution < 1.29 is 5.11 Å². The molecule has 0 aromatic heterocycles. The van der Waals surface area contributed by atoms with E-state index in [1.165, 1.54) is 38.5 Å². The third-order valence-electron chi connectivity index (χ3n) is 7.74. The number of rotatable bonds is 3. The second-order valence-electron chi connectivity index (χ2n) is 9.70. The summed E-state index contributed by atoms with van der Waals surface area (Å²) >= 11 is 0. The highest BCUT2D eigenvalue weighted by Crippen LogP contribution is 2.56. The van der Waals surface area contributed by atoms with Crippen molar-refractivity contribution in [1.29, 1.82) is 0 Å². The summed E-state index contributed by atoms with van der Waals surface area (Å²) in [5.41, 5.74) is 0.641. The smallest absolute Gasteiger partial charge is 0.107 e. The van der Waals surface area contributed by atoms with E-state index in [0.717, 1.165) is 42.8 Å². The molecular formula is C22H32N2O. The molecule has 2 atom stereocenters. The van der Waals surface area contributed by atoms with Crippen LogP contribution >= 0.6 is 0 Å².